The SMILES string of the molecule is Cc1ccc2c3c(n(CCCO)c2c1C(=O)O)CCN(C)C3. The molecular weight excluding hydrogens is 280 g/mol. The number of fused-ring (bicyclic) bond motifs is 3. The molecule has 0 spiro atoms. The van der Waals surface area contributed by atoms with Crippen LogP contribution >= 0.6 is 0 Å². The van der Waals surface area contributed by atoms with Crippen LogP contribution in [0.4, 0.5) is 0 Å². The number of hydrogen-bond donors (Lipinski definition) is 2. The first-order valence-electron chi connectivity index (χ1n) is 7.70. The molecule has 0 saturated heterocycles. The van der Waals surface area contributed by atoms with Crippen molar-refractivity contribution in [1.82, 2.24) is 9.47 Å². The molecule has 5 nitrogen and oxygen atoms in total. The first-order valence-corrected chi connectivity index (χ1v) is 7.70. The number of hydrogen-bond acceptors (Lipinski definition) is 3. The molecule has 2 aromatic rings. The second-order valence-electron chi connectivity index (χ2n) is 6.10. The van der Waals surface area contributed by atoms with Gasteiger partial charge in [0.05, 0.1) is 11.1 Å². The van der Waals surface area contributed by atoms with Crippen molar-refractivity contribution in [2.45, 2.75) is 32.9 Å². The number of aromatic carboxylic acids is 1. The second kappa shape index (κ2) is 5.74. The van der Waals surface area contributed by atoms with Gasteiger partial charge in [0.2, 0.25) is 0 Å². The molecule has 118 valence electrons. The van der Waals surface area contributed by atoms with E-state index in [-0.39, 0.29) is 6.61 Å². The lowest BCUT2D eigenvalue weighted by Crippen LogP contribution is -2.27. The average Bonchev–Trinajstić information content (AvgIpc) is 2.77. The molecule has 3 rings (SSSR count). The van der Waals surface area contributed by atoms with Crippen LogP contribution in [-0.4, -0.2) is 45.8 Å². The van der Waals surface area contributed by atoms with E-state index < -0.39 is 5.97 Å². The third-order valence-corrected chi connectivity index (χ3v) is 4.57. The third-order valence-electron chi connectivity index (χ3n) is 4.57. The first-order chi connectivity index (χ1) is 10.5. The molecule has 2 heterocycles. The van der Waals surface area contributed by atoms with Crippen LogP contribution in [0, 0.1) is 6.92 Å². The monoisotopic (exact) mass is 302 g/mol. The number of likely N-dealkylation sites (N-methyl/N-ethyl adjacent to an activating group) is 1. The zero-order valence-corrected chi connectivity index (χ0v) is 13.1. The number of nitrogens with zero attached hydrogens (tertiary/aromatic N) is 2. The maximum absolute atomic E-state index is 11.8. The number of aryl methyl sites for hydroxylation is 2. The molecule has 1 aromatic heterocycles. The van der Waals surface area contributed by atoms with Crippen molar-refractivity contribution in [1.29, 1.82) is 0 Å². The van der Waals surface area contributed by atoms with Crippen LogP contribution in [0.2, 0.25) is 0 Å². The van der Waals surface area contributed by atoms with Crippen LogP contribution in [0.1, 0.15) is 33.6 Å². The molecule has 0 unspecified atom stereocenters. The third kappa shape index (κ3) is 2.30. The summed E-state index contributed by atoms with van der Waals surface area (Å²) in [5.74, 6) is -0.878. The minimum Gasteiger partial charge on any atom is -0.478 e. The number of rotatable bonds is 4. The van der Waals surface area contributed by atoms with E-state index >= 15 is 0 Å². The Hall–Kier alpha value is -1.85. The highest BCUT2D eigenvalue weighted by atomic mass is 16.4. The average molecular weight is 302 g/mol. The van der Waals surface area contributed by atoms with Gasteiger partial charge in [-0.15, -0.1) is 0 Å². The Balaban J connectivity index is 2.32. The van der Waals surface area contributed by atoms with E-state index in [2.05, 4.69) is 16.5 Å². The van der Waals surface area contributed by atoms with Gasteiger partial charge < -0.3 is 19.7 Å². The number of carbonyl (C=O) groups is 1. The largest absolute Gasteiger partial charge is 0.478 e. The van der Waals surface area contributed by atoms with E-state index in [4.69, 9.17) is 0 Å². The molecule has 22 heavy (non-hydrogen) atoms. The summed E-state index contributed by atoms with van der Waals surface area (Å²) in [5, 5.41) is 19.9. The second-order valence-corrected chi connectivity index (χ2v) is 6.10. The Labute approximate surface area is 129 Å². The fourth-order valence-electron chi connectivity index (χ4n) is 3.52. The Morgan fingerprint density at radius 3 is 2.82 bits per heavy atom. The van der Waals surface area contributed by atoms with Gasteiger partial charge in [0.15, 0.2) is 0 Å². The lowest BCUT2D eigenvalue weighted by molar-refractivity contribution is 0.0698. The summed E-state index contributed by atoms with van der Waals surface area (Å²) < 4.78 is 2.13. The molecule has 0 saturated carbocycles. The Morgan fingerprint density at radius 1 is 1.36 bits per heavy atom. The van der Waals surface area contributed by atoms with Crippen LogP contribution < -0.4 is 0 Å². The molecule has 1 aromatic carbocycles. The van der Waals surface area contributed by atoms with Gasteiger partial charge in [0.1, 0.15) is 0 Å². The summed E-state index contributed by atoms with van der Waals surface area (Å²) in [5.41, 5.74) is 4.47. The zero-order valence-electron chi connectivity index (χ0n) is 13.1. The maximum atomic E-state index is 11.8. The molecule has 0 aliphatic carbocycles. The summed E-state index contributed by atoms with van der Waals surface area (Å²) in [7, 11) is 2.09. The highest BCUT2D eigenvalue weighted by molar-refractivity contribution is 6.05. The van der Waals surface area contributed by atoms with Crippen LogP contribution in [0.25, 0.3) is 10.9 Å². The standard InChI is InChI=1S/C17H22N2O3/c1-11-4-5-12-13-10-18(2)8-6-14(13)19(7-3-9-20)16(12)15(11)17(21)22/h4-5,20H,3,6-10H2,1-2H3,(H,21,22). The quantitative estimate of drug-likeness (QED) is 0.907. The molecule has 1 aliphatic heterocycles. The molecule has 0 atom stereocenters. The molecular formula is C17H22N2O3. The highest BCUT2D eigenvalue weighted by Gasteiger charge is 2.26. The van der Waals surface area contributed by atoms with Crippen molar-refractivity contribution >= 4 is 16.9 Å². The van der Waals surface area contributed by atoms with Crippen LogP contribution in [0.3, 0.4) is 0 Å². The molecule has 1 aliphatic rings. The van der Waals surface area contributed by atoms with Gasteiger partial charge in [-0.3, -0.25) is 0 Å². The number of carboxylic acid groups (broad SMARTS) is 1. The number of aliphatic hydroxyl groups is 1. The minimum absolute atomic E-state index is 0.114. The normalized spacial score (nSPS) is 15.2. The van der Waals surface area contributed by atoms with Gasteiger partial charge >= 0.3 is 5.97 Å². The molecule has 0 fully saturated rings. The topological polar surface area (TPSA) is 65.7 Å². The fraction of sp³-hybridized carbons (Fsp3) is 0.471. The highest BCUT2D eigenvalue weighted by Crippen LogP contribution is 2.34. The van der Waals surface area contributed by atoms with Crippen molar-refractivity contribution < 1.29 is 15.0 Å². The summed E-state index contributed by atoms with van der Waals surface area (Å²) >= 11 is 0. The summed E-state index contributed by atoms with van der Waals surface area (Å²) in [4.78, 5) is 14.0. The van der Waals surface area contributed by atoms with Gasteiger partial charge in [-0.25, -0.2) is 4.79 Å². The van der Waals surface area contributed by atoms with Gasteiger partial charge in [-0.1, -0.05) is 12.1 Å². The van der Waals surface area contributed by atoms with Gasteiger partial charge in [0, 0.05) is 43.7 Å². The van der Waals surface area contributed by atoms with E-state index in [0.29, 0.717) is 18.5 Å². The zero-order chi connectivity index (χ0) is 15.9. The summed E-state index contributed by atoms with van der Waals surface area (Å²) in [6, 6.07) is 3.95. The minimum atomic E-state index is -0.878. The fourth-order valence-corrected chi connectivity index (χ4v) is 3.52. The predicted molar refractivity (Wildman–Crippen MR) is 85.4 cm³/mol. The van der Waals surface area contributed by atoms with Crippen molar-refractivity contribution in [3.8, 4) is 0 Å². The summed E-state index contributed by atoms with van der Waals surface area (Å²) in [6.07, 6.45) is 1.56. The Bertz CT molecular complexity index is 733. The number of carboxylic acids is 1. The molecule has 0 radical (unpaired) electrons. The van der Waals surface area contributed by atoms with Crippen LogP contribution in [-0.2, 0) is 19.5 Å². The molecule has 0 bridgehead atoms. The van der Waals surface area contributed by atoms with Gasteiger partial charge in [0.25, 0.3) is 0 Å². The van der Waals surface area contributed by atoms with Crippen molar-refractivity contribution in [3.63, 3.8) is 0 Å². The first kappa shape index (κ1) is 15.1. The van der Waals surface area contributed by atoms with E-state index in [1.807, 2.05) is 19.1 Å². The lowest BCUT2D eigenvalue weighted by Gasteiger charge is -2.24. The predicted octanol–water partition coefficient (Wildman–Crippen LogP) is 2.02. The van der Waals surface area contributed by atoms with Crippen molar-refractivity contribution in [3.05, 3.63) is 34.5 Å². The number of aromatic nitrogens is 1. The van der Waals surface area contributed by atoms with E-state index in [1.54, 1.807) is 0 Å². The lowest BCUT2D eigenvalue weighted by atomic mass is 10.0. The van der Waals surface area contributed by atoms with Crippen molar-refractivity contribution in [2.24, 2.45) is 0 Å². The molecule has 0 amide bonds. The van der Waals surface area contributed by atoms with Crippen molar-refractivity contribution in [2.75, 3.05) is 20.2 Å². The summed E-state index contributed by atoms with van der Waals surface area (Å²) in [6.45, 7) is 4.44. The number of benzene rings is 1. The molecule has 5 heteroatoms. The van der Waals surface area contributed by atoms with Crippen LogP contribution in [0.15, 0.2) is 12.1 Å². The Morgan fingerprint density at radius 2 is 2.14 bits per heavy atom. The van der Waals surface area contributed by atoms with Gasteiger partial charge in [-0.2, -0.15) is 0 Å². The van der Waals surface area contributed by atoms with E-state index in [9.17, 15) is 15.0 Å². The van der Waals surface area contributed by atoms with E-state index in [0.717, 1.165) is 36.0 Å². The Kier molecular flexibility index (Phi) is 3.93. The maximum Gasteiger partial charge on any atom is 0.338 e. The van der Waals surface area contributed by atoms with Crippen LogP contribution in [0.5, 0.6) is 0 Å². The van der Waals surface area contributed by atoms with E-state index in [1.165, 1.54) is 11.3 Å². The molecule has 2 N–H and O–H groups in total. The smallest absolute Gasteiger partial charge is 0.338 e. The van der Waals surface area contributed by atoms with Gasteiger partial charge in [-0.05, 0) is 31.5 Å². The number of aliphatic hydroxyl groups excluding tert-OH is 1.